The number of unbranched alkanes of at least 4 members (excludes halogenated alkanes) is 1. The van der Waals surface area contributed by atoms with Gasteiger partial charge in [-0.1, -0.05) is 35.9 Å². The van der Waals surface area contributed by atoms with Gasteiger partial charge in [0.1, 0.15) is 0 Å². The summed E-state index contributed by atoms with van der Waals surface area (Å²) in [5, 5.41) is 3.39. The number of nitrogens with zero attached hydrogens (tertiary/aromatic N) is 2. The minimum Gasteiger partial charge on any atom is -0.352 e. The van der Waals surface area contributed by atoms with Gasteiger partial charge in [-0.05, 0) is 25.3 Å². The summed E-state index contributed by atoms with van der Waals surface area (Å²) in [6, 6.07) is 8.52. The highest BCUT2D eigenvalue weighted by Gasteiger charge is 2.04. The van der Waals surface area contributed by atoms with Gasteiger partial charge in [0, 0.05) is 27.2 Å². The third-order valence-electron chi connectivity index (χ3n) is 3.01. The van der Waals surface area contributed by atoms with Gasteiger partial charge in [0.05, 0.1) is 0 Å². The molecule has 0 fully saturated rings. The number of allylic oxidation sites excluding steroid dienone is 1. The number of aliphatic imine (C=N–C) groups is 1. The Hall–Kier alpha value is -1.04. The minimum absolute atomic E-state index is 0. The summed E-state index contributed by atoms with van der Waals surface area (Å²) in [6.45, 7) is 7.64. The Labute approximate surface area is 140 Å². The molecule has 1 aromatic rings. The molecule has 1 N–H and O–H groups in total. The Morgan fingerprint density at radius 2 is 2.20 bits per heavy atom. The topological polar surface area (TPSA) is 27.6 Å². The maximum atomic E-state index is 4.31. The lowest BCUT2D eigenvalue weighted by atomic mass is 10.1. The zero-order valence-corrected chi connectivity index (χ0v) is 15.1. The lowest BCUT2D eigenvalue weighted by Gasteiger charge is -2.22. The molecule has 0 saturated carbocycles. The van der Waals surface area contributed by atoms with Gasteiger partial charge in [0.25, 0.3) is 0 Å². The largest absolute Gasteiger partial charge is 0.352 e. The molecule has 4 heteroatoms. The van der Waals surface area contributed by atoms with Gasteiger partial charge in [0.2, 0.25) is 0 Å². The fraction of sp³-hybridized carbons (Fsp3) is 0.438. The van der Waals surface area contributed by atoms with Crippen molar-refractivity contribution < 1.29 is 0 Å². The zero-order chi connectivity index (χ0) is 14.1. The van der Waals surface area contributed by atoms with Crippen LogP contribution in [0.4, 0.5) is 0 Å². The van der Waals surface area contributed by atoms with Crippen molar-refractivity contribution in [1.29, 1.82) is 0 Å². The highest BCUT2D eigenvalue weighted by molar-refractivity contribution is 14.0. The number of benzene rings is 1. The second-order valence-corrected chi connectivity index (χ2v) is 4.74. The summed E-state index contributed by atoms with van der Waals surface area (Å²) >= 11 is 0. The number of hydrogen-bond donors (Lipinski definition) is 1. The van der Waals surface area contributed by atoms with Crippen molar-refractivity contribution in [2.75, 3.05) is 20.6 Å². The van der Waals surface area contributed by atoms with E-state index in [0.717, 1.165) is 31.9 Å². The van der Waals surface area contributed by atoms with Crippen LogP contribution in [0.2, 0.25) is 0 Å². The van der Waals surface area contributed by atoms with Crippen molar-refractivity contribution in [3.8, 4) is 0 Å². The standard InChI is InChI=1S/C16H25N3.HI/c1-5-6-7-11-19(4)16(17-3)18-13-15-10-8-9-14(2)12-15;/h5,8-10,12H,1,6-7,11,13H2,2-4H3,(H,17,18);1H. The van der Waals surface area contributed by atoms with E-state index in [1.165, 1.54) is 11.1 Å². The lowest BCUT2D eigenvalue weighted by Crippen LogP contribution is -2.38. The molecule has 0 spiro atoms. The molecule has 0 amide bonds. The van der Waals surface area contributed by atoms with Crippen LogP contribution in [-0.2, 0) is 6.54 Å². The first-order chi connectivity index (χ1) is 9.17. The van der Waals surface area contributed by atoms with E-state index in [1.807, 2.05) is 13.1 Å². The van der Waals surface area contributed by atoms with Gasteiger partial charge < -0.3 is 10.2 Å². The predicted molar refractivity (Wildman–Crippen MR) is 98.9 cm³/mol. The molecule has 0 saturated heterocycles. The molecule has 0 bridgehead atoms. The maximum absolute atomic E-state index is 4.31. The minimum atomic E-state index is 0. The first kappa shape index (κ1) is 19.0. The molecule has 0 unspecified atom stereocenters. The monoisotopic (exact) mass is 387 g/mol. The molecule has 1 rings (SSSR count). The summed E-state index contributed by atoms with van der Waals surface area (Å²) in [5.74, 6) is 0.936. The highest BCUT2D eigenvalue weighted by Crippen LogP contribution is 2.03. The number of aryl methyl sites for hydroxylation is 1. The average Bonchev–Trinajstić information content (AvgIpc) is 2.40. The summed E-state index contributed by atoms with van der Waals surface area (Å²) in [6.07, 6.45) is 4.10. The van der Waals surface area contributed by atoms with E-state index in [0.29, 0.717) is 0 Å². The average molecular weight is 387 g/mol. The Bertz CT molecular complexity index is 429. The Kier molecular flexibility index (Phi) is 10.2. The SMILES string of the molecule is C=CCCCN(C)C(=NC)NCc1cccc(C)c1.I. The Morgan fingerprint density at radius 3 is 2.80 bits per heavy atom. The van der Waals surface area contributed by atoms with Gasteiger partial charge in [-0.3, -0.25) is 4.99 Å². The van der Waals surface area contributed by atoms with Crippen LogP contribution >= 0.6 is 24.0 Å². The third-order valence-corrected chi connectivity index (χ3v) is 3.01. The molecule has 0 radical (unpaired) electrons. The van der Waals surface area contributed by atoms with Crippen LogP contribution in [0.1, 0.15) is 24.0 Å². The normalized spacial score (nSPS) is 10.7. The van der Waals surface area contributed by atoms with Gasteiger partial charge in [-0.15, -0.1) is 30.6 Å². The van der Waals surface area contributed by atoms with E-state index in [2.05, 4.69) is 60.0 Å². The second-order valence-electron chi connectivity index (χ2n) is 4.74. The van der Waals surface area contributed by atoms with Crippen molar-refractivity contribution in [2.45, 2.75) is 26.3 Å². The van der Waals surface area contributed by atoms with Crippen molar-refractivity contribution in [2.24, 2.45) is 4.99 Å². The van der Waals surface area contributed by atoms with Crippen LogP contribution in [0, 0.1) is 6.92 Å². The van der Waals surface area contributed by atoms with E-state index >= 15 is 0 Å². The van der Waals surface area contributed by atoms with E-state index in [4.69, 9.17) is 0 Å². The van der Waals surface area contributed by atoms with E-state index in [-0.39, 0.29) is 24.0 Å². The molecular formula is C16H26IN3. The molecule has 20 heavy (non-hydrogen) atoms. The summed E-state index contributed by atoms with van der Waals surface area (Å²) in [5.41, 5.74) is 2.56. The number of nitrogens with one attached hydrogen (secondary N) is 1. The fourth-order valence-electron chi connectivity index (χ4n) is 1.97. The van der Waals surface area contributed by atoms with Crippen LogP contribution in [0.25, 0.3) is 0 Å². The second kappa shape index (κ2) is 10.7. The van der Waals surface area contributed by atoms with Crippen molar-refractivity contribution >= 4 is 29.9 Å². The quantitative estimate of drug-likeness (QED) is 0.266. The molecular weight excluding hydrogens is 361 g/mol. The molecule has 0 aliphatic rings. The number of hydrogen-bond acceptors (Lipinski definition) is 1. The third kappa shape index (κ3) is 6.93. The summed E-state index contributed by atoms with van der Waals surface area (Å²) < 4.78 is 0. The van der Waals surface area contributed by atoms with Crippen LogP contribution in [0.15, 0.2) is 41.9 Å². The van der Waals surface area contributed by atoms with Crippen LogP contribution in [0.3, 0.4) is 0 Å². The van der Waals surface area contributed by atoms with E-state index in [1.54, 1.807) is 0 Å². The van der Waals surface area contributed by atoms with Gasteiger partial charge in [-0.2, -0.15) is 0 Å². The Balaban J connectivity index is 0.00000361. The van der Waals surface area contributed by atoms with Crippen LogP contribution in [-0.4, -0.2) is 31.5 Å². The van der Waals surface area contributed by atoms with Crippen LogP contribution < -0.4 is 5.32 Å². The number of halogens is 1. The highest BCUT2D eigenvalue weighted by atomic mass is 127. The van der Waals surface area contributed by atoms with E-state index in [9.17, 15) is 0 Å². The summed E-state index contributed by atoms with van der Waals surface area (Å²) in [4.78, 5) is 6.46. The molecule has 0 atom stereocenters. The van der Waals surface area contributed by atoms with Crippen LogP contribution in [0.5, 0.6) is 0 Å². The molecule has 3 nitrogen and oxygen atoms in total. The zero-order valence-electron chi connectivity index (χ0n) is 12.7. The molecule has 0 aliphatic heterocycles. The molecule has 0 heterocycles. The maximum Gasteiger partial charge on any atom is 0.193 e. The fourth-order valence-corrected chi connectivity index (χ4v) is 1.97. The number of guanidine groups is 1. The number of rotatable bonds is 6. The van der Waals surface area contributed by atoms with Gasteiger partial charge in [0.15, 0.2) is 5.96 Å². The lowest BCUT2D eigenvalue weighted by molar-refractivity contribution is 0.470. The first-order valence-electron chi connectivity index (χ1n) is 6.75. The summed E-state index contributed by atoms with van der Waals surface area (Å²) in [7, 11) is 3.89. The van der Waals surface area contributed by atoms with Crippen molar-refractivity contribution in [1.82, 2.24) is 10.2 Å². The first-order valence-corrected chi connectivity index (χ1v) is 6.75. The van der Waals surface area contributed by atoms with Crippen molar-refractivity contribution in [3.63, 3.8) is 0 Å². The van der Waals surface area contributed by atoms with Crippen molar-refractivity contribution in [3.05, 3.63) is 48.0 Å². The molecule has 112 valence electrons. The molecule has 1 aromatic carbocycles. The van der Waals surface area contributed by atoms with E-state index < -0.39 is 0 Å². The van der Waals surface area contributed by atoms with Gasteiger partial charge >= 0.3 is 0 Å². The van der Waals surface area contributed by atoms with Gasteiger partial charge in [-0.25, -0.2) is 0 Å². The Morgan fingerprint density at radius 1 is 1.45 bits per heavy atom. The molecule has 0 aliphatic carbocycles. The molecule has 0 aromatic heterocycles. The smallest absolute Gasteiger partial charge is 0.193 e. The predicted octanol–water partition coefficient (Wildman–Crippen LogP) is 3.59.